The number of carbonyl (C=O) groups excluding carboxylic acids is 2. The van der Waals surface area contributed by atoms with Gasteiger partial charge in [0, 0.05) is 18.7 Å². The molecule has 1 aromatic carbocycles. The fourth-order valence-corrected chi connectivity index (χ4v) is 2.19. The average Bonchev–Trinajstić information content (AvgIpc) is 2.68. The number of amides is 3. The van der Waals surface area contributed by atoms with Gasteiger partial charge in [0.15, 0.2) is 0 Å². The third-order valence-electron chi connectivity index (χ3n) is 3.36. The number of rotatable bonds is 4. The first-order chi connectivity index (χ1) is 9.90. The summed E-state index contributed by atoms with van der Waals surface area (Å²) in [7, 11) is 0. The summed E-state index contributed by atoms with van der Waals surface area (Å²) in [6.45, 7) is 1.48. The molecule has 0 spiro atoms. The Morgan fingerprint density at radius 3 is 2.81 bits per heavy atom. The first kappa shape index (κ1) is 14.5. The molecule has 1 atom stereocenters. The van der Waals surface area contributed by atoms with Gasteiger partial charge in [-0.05, 0) is 12.5 Å². The lowest BCUT2D eigenvalue weighted by Crippen LogP contribution is -2.41. The molecule has 108 valence electrons. The summed E-state index contributed by atoms with van der Waals surface area (Å²) < 4.78 is 0. The molecule has 1 unspecified atom stereocenters. The van der Waals surface area contributed by atoms with Crippen molar-refractivity contribution in [2.45, 2.75) is 18.9 Å². The maximum atomic E-state index is 12.4. The lowest BCUT2D eigenvalue weighted by atomic mass is 9.91. The van der Waals surface area contributed by atoms with Gasteiger partial charge in [0.05, 0.1) is 17.4 Å². The lowest BCUT2D eigenvalue weighted by molar-refractivity contribution is -0.385. The van der Waals surface area contributed by atoms with Crippen molar-refractivity contribution in [2.75, 3.05) is 6.54 Å². The van der Waals surface area contributed by atoms with E-state index in [-0.39, 0.29) is 18.7 Å². The van der Waals surface area contributed by atoms with E-state index in [4.69, 9.17) is 5.26 Å². The fraction of sp³-hybridized carbons (Fsp3) is 0.308. The number of carbonyl (C=O) groups is 2. The number of nitrogens with one attached hydrogen (secondary N) is 1. The van der Waals surface area contributed by atoms with Crippen molar-refractivity contribution in [3.8, 4) is 6.07 Å². The van der Waals surface area contributed by atoms with E-state index >= 15 is 0 Å². The molecule has 1 aliphatic heterocycles. The number of nitro groups is 1. The molecule has 1 saturated heterocycles. The van der Waals surface area contributed by atoms with Crippen LogP contribution < -0.4 is 5.32 Å². The van der Waals surface area contributed by atoms with E-state index in [2.05, 4.69) is 5.32 Å². The van der Waals surface area contributed by atoms with Gasteiger partial charge in [0.2, 0.25) is 0 Å². The van der Waals surface area contributed by atoms with E-state index in [1.54, 1.807) is 6.07 Å². The lowest BCUT2D eigenvalue weighted by Gasteiger charge is -2.21. The minimum atomic E-state index is -1.36. The fourth-order valence-electron chi connectivity index (χ4n) is 2.19. The highest BCUT2D eigenvalue weighted by atomic mass is 16.6. The predicted molar refractivity (Wildman–Crippen MR) is 70.9 cm³/mol. The van der Waals surface area contributed by atoms with E-state index in [9.17, 15) is 19.7 Å². The largest absolute Gasteiger partial charge is 0.325 e. The minimum absolute atomic E-state index is 0.00825. The molecule has 21 heavy (non-hydrogen) atoms. The minimum Gasteiger partial charge on any atom is -0.319 e. The summed E-state index contributed by atoms with van der Waals surface area (Å²) in [5.41, 5.74) is -1.20. The number of hydrogen-bond donors (Lipinski definition) is 1. The second kappa shape index (κ2) is 5.20. The smallest absolute Gasteiger partial charge is 0.319 e. The second-order valence-electron chi connectivity index (χ2n) is 4.73. The van der Waals surface area contributed by atoms with Gasteiger partial charge in [-0.25, -0.2) is 4.79 Å². The van der Waals surface area contributed by atoms with Crippen molar-refractivity contribution in [3.05, 3.63) is 39.9 Å². The van der Waals surface area contributed by atoms with Crippen molar-refractivity contribution < 1.29 is 14.5 Å². The Balaban J connectivity index is 2.37. The van der Waals surface area contributed by atoms with Gasteiger partial charge in [-0.2, -0.15) is 5.26 Å². The molecular formula is C13H12N4O4. The highest BCUT2D eigenvalue weighted by Gasteiger charge is 2.49. The van der Waals surface area contributed by atoms with Crippen molar-refractivity contribution in [1.29, 1.82) is 5.26 Å². The van der Waals surface area contributed by atoms with Gasteiger partial charge in [-0.15, -0.1) is 0 Å². The second-order valence-corrected chi connectivity index (χ2v) is 4.73. The number of imide groups is 1. The summed E-state index contributed by atoms with van der Waals surface area (Å²) in [5.74, 6) is -0.525. The number of nitriles is 1. The van der Waals surface area contributed by atoms with Crippen LogP contribution in [0.4, 0.5) is 10.5 Å². The molecule has 2 rings (SSSR count). The van der Waals surface area contributed by atoms with Gasteiger partial charge < -0.3 is 5.32 Å². The molecule has 1 fully saturated rings. The zero-order valence-electron chi connectivity index (χ0n) is 11.2. The van der Waals surface area contributed by atoms with E-state index in [0.717, 1.165) is 4.90 Å². The number of nitro benzene ring substituents is 1. The Morgan fingerprint density at radius 1 is 1.48 bits per heavy atom. The van der Waals surface area contributed by atoms with E-state index in [1.165, 1.54) is 25.1 Å². The van der Waals surface area contributed by atoms with Crippen LogP contribution in [0.2, 0.25) is 0 Å². The number of benzene rings is 1. The summed E-state index contributed by atoms with van der Waals surface area (Å²) >= 11 is 0. The molecule has 0 aromatic heterocycles. The van der Waals surface area contributed by atoms with Gasteiger partial charge in [-0.3, -0.25) is 19.8 Å². The van der Waals surface area contributed by atoms with Crippen molar-refractivity contribution in [1.82, 2.24) is 10.2 Å². The third-order valence-corrected chi connectivity index (χ3v) is 3.36. The van der Waals surface area contributed by atoms with Crippen LogP contribution in [0.25, 0.3) is 0 Å². The Bertz CT molecular complexity index is 666. The molecule has 8 nitrogen and oxygen atoms in total. The van der Waals surface area contributed by atoms with E-state index in [0.29, 0.717) is 5.56 Å². The Labute approximate surface area is 120 Å². The Morgan fingerprint density at radius 2 is 2.19 bits per heavy atom. The van der Waals surface area contributed by atoms with Crippen LogP contribution in [0.1, 0.15) is 18.9 Å². The summed E-state index contributed by atoms with van der Waals surface area (Å²) in [4.78, 5) is 35.4. The highest BCUT2D eigenvalue weighted by Crippen LogP contribution is 2.30. The Kier molecular flexibility index (Phi) is 3.58. The number of nitrogens with zero attached hydrogens (tertiary/aromatic N) is 3. The molecular weight excluding hydrogens is 276 g/mol. The Hall–Kier alpha value is -2.95. The molecule has 0 radical (unpaired) electrons. The number of hydrogen-bond acceptors (Lipinski definition) is 5. The highest BCUT2D eigenvalue weighted by molar-refractivity contribution is 6.07. The van der Waals surface area contributed by atoms with Crippen LogP contribution in [-0.2, 0) is 10.3 Å². The number of urea groups is 1. The first-order valence-electron chi connectivity index (χ1n) is 6.16. The quantitative estimate of drug-likeness (QED) is 0.508. The van der Waals surface area contributed by atoms with Crippen molar-refractivity contribution in [3.63, 3.8) is 0 Å². The molecule has 0 aliphatic carbocycles. The van der Waals surface area contributed by atoms with Crippen LogP contribution in [0.15, 0.2) is 24.3 Å². The molecule has 1 aromatic rings. The van der Waals surface area contributed by atoms with Crippen molar-refractivity contribution in [2.24, 2.45) is 0 Å². The van der Waals surface area contributed by atoms with Gasteiger partial charge in [0.25, 0.3) is 11.6 Å². The maximum absolute atomic E-state index is 12.4. The molecule has 1 heterocycles. The summed E-state index contributed by atoms with van der Waals surface area (Å²) in [6, 6.07) is 6.81. The van der Waals surface area contributed by atoms with Crippen LogP contribution in [-0.4, -0.2) is 28.3 Å². The van der Waals surface area contributed by atoms with Crippen LogP contribution >= 0.6 is 0 Å². The zero-order chi connectivity index (χ0) is 15.6. The molecule has 0 bridgehead atoms. The standard InChI is InChI=1S/C13H12N4O4/c1-13(9-4-2-5-10(8-9)17(20)21)11(18)16(7-3-6-14)12(19)15-13/h2,4-5,8H,3,7H2,1H3,(H,15,19). The van der Waals surface area contributed by atoms with Crippen LogP contribution in [0, 0.1) is 21.4 Å². The summed E-state index contributed by atoms with van der Waals surface area (Å²) in [5, 5.41) is 21.9. The number of non-ortho nitro benzene ring substituents is 1. The van der Waals surface area contributed by atoms with E-state index < -0.39 is 22.4 Å². The normalized spacial score (nSPS) is 21.0. The van der Waals surface area contributed by atoms with Crippen molar-refractivity contribution >= 4 is 17.6 Å². The summed E-state index contributed by atoms with van der Waals surface area (Å²) in [6.07, 6.45) is 0.0319. The zero-order valence-corrected chi connectivity index (χ0v) is 11.2. The van der Waals surface area contributed by atoms with Gasteiger partial charge in [0.1, 0.15) is 5.54 Å². The third kappa shape index (κ3) is 2.41. The molecule has 8 heteroatoms. The van der Waals surface area contributed by atoms with Crippen LogP contribution in [0.5, 0.6) is 0 Å². The SMILES string of the molecule is CC1(c2cccc([N+](=O)[O-])c2)NC(=O)N(CCC#N)C1=O. The monoisotopic (exact) mass is 288 g/mol. The van der Waals surface area contributed by atoms with Gasteiger partial charge >= 0.3 is 6.03 Å². The van der Waals surface area contributed by atoms with E-state index in [1.807, 2.05) is 6.07 Å². The molecule has 0 saturated carbocycles. The van der Waals surface area contributed by atoms with Gasteiger partial charge in [-0.1, -0.05) is 12.1 Å². The topological polar surface area (TPSA) is 116 Å². The van der Waals surface area contributed by atoms with Crippen LogP contribution in [0.3, 0.4) is 0 Å². The first-order valence-corrected chi connectivity index (χ1v) is 6.16. The predicted octanol–water partition coefficient (Wildman–Crippen LogP) is 1.28. The molecule has 3 amide bonds. The molecule has 1 N–H and O–H groups in total. The average molecular weight is 288 g/mol. The maximum Gasteiger partial charge on any atom is 0.325 e. The molecule has 1 aliphatic rings.